The second-order valence-electron chi connectivity index (χ2n) is 8.59. The molecule has 1 aromatic carbocycles. The molecule has 8 heteroatoms. The van der Waals surface area contributed by atoms with Crippen LogP contribution in [0.2, 0.25) is 0 Å². The van der Waals surface area contributed by atoms with Gasteiger partial charge in [0.1, 0.15) is 6.04 Å². The van der Waals surface area contributed by atoms with E-state index >= 15 is 0 Å². The summed E-state index contributed by atoms with van der Waals surface area (Å²) < 4.78 is 11.0. The topological polar surface area (TPSA) is 90.0 Å². The number of halogens is 1. The molecule has 3 rings (SSSR count). The summed E-state index contributed by atoms with van der Waals surface area (Å²) in [6.07, 6.45) is 2.40. The Hall–Kier alpha value is -2.22. The first-order valence-corrected chi connectivity index (χ1v) is 11.4. The number of likely N-dealkylation sites (tertiary alicyclic amines) is 1. The molecule has 2 aliphatic rings. The number of hydrogen-bond donors (Lipinski definition) is 0. The van der Waals surface area contributed by atoms with Gasteiger partial charge >= 0.3 is 11.9 Å². The van der Waals surface area contributed by atoms with Crippen molar-refractivity contribution in [3.05, 3.63) is 34.3 Å². The van der Waals surface area contributed by atoms with Gasteiger partial charge in [-0.1, -0.05) is 41.9 Å². The van der Waals surface area contributed by atoms with Crippen molar-refractivity contribution < 1.29 is 28.7 Å². The summed E-state index contributed by atoms with van der Waals surface area (Å²) in [5, 5.41) is 0. The lowest BCUT2D eigenvalue weighted by atomic mass is 9.89. The molecular formula is C23H28BrNO6. The van der Waals surface area contributed by atoms with Crippen LogP contribution in [-0.2, 0) is 23.9 Å². The smallest absolute Gasteiger partial charge is 0.329 e. The standard InChI is InChI=1S/C23H28BrNO6/c1-13(2)18(11-20(27)30-3)22(28)25-17-9-6-15(10-17)21(25)23(29)31-12-19(26)14-4-7-16(24)8-5-14/h4-5,7-8,13,15,17-18,21H,6,9-12H2,1-3H3. The van der Waals surface area contributed by atoms with Crippen molar-refractivity contribution >= 4 is 39.6 Å². The van der Waals surface area contributed by atoms with Gasteiger partial charge in [-0.25, -0.2) is 4.79 Å². The number of carbonyl (C=O) groups is 4. The number of esters is 2. The van der Waals surface area contributed by atoms with Crippen molar-refractivity contribution in [1.82, 2.24) is 4.90 Å². The quantitative estimate of drug-likeness (QED) is 0.407. The SMILES string of the molecule is COC(=O)CC(C(=O)N1C2CCC(C2)C1C(=O)OCC(=O)c1ccc(Br)cc1)C(C)C. The predicted molar refractivity (Wildman–Crippen MR) is 116 cm³/mol. The highest BCUT2D eigenvalue weighted by atomic mass is 79.9. The summed E-state index contributed by atoms with van der Waals surface area (Å²) in [5.74, 6) is -2.13. The number of ether oxygens (including phenoxy) is 2. The van der Waals surface area contributed by atoms with E-state index in [0.717, 1.165) is 23.7 Å². The van der Waals surface area contributed by atoms with Gasteiger partial charge in [-0.15, -0.1) is 0 Å². The van der Waals surface area contributed by atoms with E-state index in [2.05, 4.69) is 15.9 Å². The van der Waals surface area contributed by atoms with Gasteiger partial charge in [0, 0.05) is 16.1 Å². The molecular weight excluding hydrogens is 466 g/mol. The highest BCUT2D eigenvalue weighted by Crippen LogP contribution is 2.44. The number of carbonyl (C=O) groups excluding carboxylic acids is 4. The molecule has 31 heavy (non-hydrogen) atoms. The minimum absolute atomic E-state index is 0.0231. The Morgan fingerprint density at radius 2 is 1.81 bits per heavy atom. The lowest BCUT2D eigenvalue weighted by molar-refractivity contribution is -0.160. The summed E-state index contributed by atoms with van der Waals surface area (Å²) >= 11 is 3.32. The molecule has 1 amide bonds. The van der Waals surface area contributed by atoms with Gasteiger partial charge in [0.2, 0.25) is 5.91 Å². The molecule has 1 heterocycles. The number of Topliss-reactive ketones (excluding diaryl/α,β-unsaturated/α-hetero) is 1. The lowest BCUT2D eigenvalue weighted by Gasteiger charge is -2.36. The first-order valence-electron chi connectivity index (χ1n) is 10.6. The number of hydrogen-bond acceptors (Lipinski definition) is 6. The first kappa shape index (κ1) is 23.4. The van der Waals surface area contributed by atoms with E-state index in [1.807, 2.05) is 13.8 Å². The fourth-order valence-electron chi connectivity index (χ4n) is 4.61. The van der Waals surface area contributed by atoms with Crippen LogP contribution in [0.4, 0.5) is 0 Å². The van der Waals surface area contributed by atoms with Crippen LogP contribution >= 0.6 is 15.9 Å². The van der Waals surface area contributed by atoms with E-state index in [1.165, 1.54) is 7.11 Å². The largest absolute Gasteiger partial charge is 0.469 e. The zero-order valence-electron chi connectivity index (χ0n) is 18.0. The molecule has 168 valence electrons. The van der Waals surface area contributed by atoms with Crippen LogP contribution in [0.1, 0.15) is 49.9 Å². The summed E-state index contributed by atoms with van der Waals surface area (Å²) in [6.45, 7) is 3.39. The Bertz CT molecular complexity index is 852. The number of benzene rings is 1. The molecule has 4 unspecified atom stereocenters. The molecule has 7 nitrogen and oxygen atoms in total. The summed E-state index contributed by atoms with van der Waals surface area (Å²) in [4.78, 5) is 52.1. The number of nitrogens with zero attached hydrogens (tertiary/aromatic N) is 1. The molecule has 0 N–H and O–H groups in total. The zero-order chi connectivity index (χ0) is 22.7. The lowest BCUT2D eigenvalue weighted by Crippen LogP contribution is -2.52. The second-order valence-corrected chi connectivity index (χ2v) is 9.50. The molecule has 2 bridgehead atoms. The van der Waals surface area contributed by atoms with Crippen molar-refractivity contribution in [3.63, 3.8) is 0 Å². The Morgan fingerprint density at radius 3 is 2.42 bits per heavy atom. The maximum Gasteiger partial charge on any atom is 0.329 e. The summed E-state index contributed by atoms with van der Waals surface area (Å²) in [6, 6.07) is 6.08. The molecule has 1 saturated carbocycles. The second kappa shape index (κ2) is 9.94. The van der Waals surface area contributed by atoms with Gasteiger partial charge < -0.3 is 14.4 Å². The van der Waals surface area contributed by atoms with Crippen molar-refractivity contribution in [2.24, 2.45) is 17.8 Å². The van der Waals surface area contributed by atoms with Gasteiger partial charge in [-0.05, 0) is 43.2 Å². The van der Waals surface area contributed by atoms with Crippen LogP contribution in [0, 0.1) is 17.8 Å². The zero-order valence-corrected chi connectivity index (χ0v) is 19.6. The summed E-state index contributed by atoms with van der Waals surface area (Å²) in [7, 11) is 1.30. The van der Waals surface area contributed by atoms with E-state index in [-0.39, 0.29) is 42.6 Å². The van der Waals surface area contributed by atoms with Crippen LogP contribution in [0.15, 0.2) is 28.7 Å². The highest BCUT2D eigenvalue weighted by molar-refractivity contribution is 9.10. The third-order valence-corrected chi connectivity index (χ3v) is 6.86. The molecule has 1 aliphatic carbocycles. The minimum Gasteiger partial charge on any atom is -0.469 e. The fourth-order valence-corrected chi connectivity index (χ4v) is 4.88. The summed E-state index contributed by atoms with van der Waals surface area (Å²) in [5.41, 5.74) is 0.454. The van der Waals surface area contributed by atoms with Crippen LogP contribution in [0.25, 0.3) is 0 Å². The Balaban J connectivity index is 1.70. The Labute approximate surface area is 190 Å². The van der Waals surface area contributed by atoms with E-state index in [0.29, 0.717) is 5.56 Å². The fraction of sp³-hybridized carbons (Fsp3) is 0.565. The normalized spacial score (nSPS) is 23.0. The Kier molecular flexibility index (Phi) is 7.51. The van der Waals surface area contributed by atoms with Crippen molar-refractivity contribution in [2.45, 2.75) is 51.6 Å². The van der Waals surface area contributed by atoms with Gasteiger partial charge in [-0.2, -0.15) is 0 Å². The van der Waals surface area contributed by atoms with Gasteiger partial charge in [-0.3, -0.25) is 14.4 Å². The van der Waals surface area contributed by atoms with Crippen molar-refractivity contribution in [3.8, 4) is 0 Å². The van der Waals surface area contributed by atoms with Crippen LogP contribution in [-0.4, -0.2) is 54.3 Å². The number of piperidine rings is 1. The predicted octanol–water partition coefficient (Wildman–Crippen LogP) is 3.39. The minimum atomic E-state index is -0.706. The average Bonchev–Trinajstić information content (AvgIpc) is 3.37. The van der Waals surface area contributed by atoms with E-state index in [1.54, 1.807) is 29.2 Å². The van der Waals surface area contributed by atoms with Gasteiger partial charge in [0.25, 0.3) is 0 Å². The molecule has 1 aliphatic heterocycles. The monoisotopic (exact) mass is 493 g/mol. The molecule has 4 atom stereocenters. The van der Waals surface area contributed by atoms with Crippen LogP contribution < -0.4 is 0 Å². The third-order valence-electron chi connectivity index (χ3n) is 6.33. The van der Waals surface area contributed by atoms with E-state index in [4.69, 9.17) is 9.47 Å². The number of rotatable bonds is 8. The number of fused-ring (bicyclic) bond motifs is 2. The molecule has 2 fully saturated rings. The molecule has 1 saturated heterocycles. The van der Waals surface area contributed by atoms with Crippen LogP contribution in [0.5, 0.6) is 0 Å². The van der Waals surface area contributed by atoms with Gasteiger partial charge in [0.05, 0.1) is 19.4 Å². The Morgan fingerprint density at radius 1 is 1.13 bits per heavy atom. The van der Waals surface area contributed by atoms with Crippen molar-refractivity contribution in [1.29, 1.82) is 0 Å². The molecule has 0 spiro atoms. The maximum atomic E-state index is 13.4. The third kappa shape index (κ3) is 5.17. The number of amides is 1. The molecule has 0 aromatic heterocycles. The molecule has 0 radical (unpaired) electrons. The number of ketones is 1. The van der Waals surface area contributed by atoms with Crippen molar-refractivity contribution in [2.75, 3.05) is 13.7 Å². The number of methoxy groups -OCH3 is 1. The average molecular weight is 494 g/mol. The van der Waals surface area contributed by atoms with Gasteiger partial charge in [0.15, 0.2) is 12.4 Å². The first-order chi connectivity index (χ1) is 14.7. The molecule has 1 aromatic rings. The highest BCUT2D eigenvalue weighted by Gasteiger charge is 2.53. The van der Waals surface area contributed by atoms with Crippen LogP contribution in [0.3, 0.4) is 0 Å². The van der Waals surface area contributed by atoms with E-state index in [9.17, 15) is 19.2 Å². The maximum absolute atomic E-state index is 13.4. The van der Waals surface area contributed by atoms with E-state index < -0.39 is 23.9 Å².